The zero-order chi connectivity index (χ0) is 27.6. The number of halogens is 1. The van der Waals surface area contributed by atoms with Crippen molar-refractivity contribution in [3.63, 3.8) is 0 Å². The number of aromatic nitrogens is 1. The predicted molar refractivity (Wildman–Crippen MR) is 141 cm³/mol. The molecule has 1 aliphatic heterocycles. The highest BCUT2D eigenvalue weighted by Crippen LogP contribution is 2.35. The first kappa shape index (κ1) is 26.4. The van der Waals surface area contributed by atoms with Crippen LogP contribution < -0.4 is 19.0 Å². The van der Waals surface area contributed by atoms with Gasteiger partial charge in [-0.25, -0.2) is 12.8 Å². The van der Waals surface area contributed by atoms with Gasteiger partial charge in [-0.2, -0.15) is 4.99 Å². The standard InChI is InChI=1S/C26H22FN3O7S2/c1-2-35-24(31)15-30-20-13-21-22(37-11-10-36-21)14-23(20)38-26(30)28-25(32)16-4-3-5-18(12-16)29-39(33,34)19-8-6-17(27)7-9-19/h3-9,12-14,29H,2,10-11,15H2,1H3. The molecule has 13 heteroatoms. The third-order valence-electron chi connectivity index (χ3n) is 5.62. The first-order valence-electron chi connectivity index (χ1n) is 11.8. The van der Waals surface area contributed by atoms with E-state index in [2.05, 4.69) is 9.71 Å². The fourth-order valence-electron chi connectivity index (χ4n) is 3.88. The van der Waals surface area contributed by atoms with Gasteiger partial charge in [0.25, 0.3) is 15.9 Å². The van der Waals surface area contributed by atoms with Crippen LogP contribution in [0.5, 0.6) is 11.5 Å². The molecule has 5 rings (SSSR count). The van der Waals surface area contributed by atoms with Gasteiger partial charge in [0.1, 0.15) is 25.6 Å². The van der Waals surface area contributed by atoms with E-state index in [-0.39, 0.29) is 34.1 Å². The molecule has 0 atom stereocenters. The van der Waals surface area contributed by atoms with Gasteiger partial charge < -0.3 is 18.8 Å². The van der Waals surface area contributed by atoms with Gasteiger partial charge in [-0.15, -0.1) is 0 Å². The molecule has 0 fully saturated rings. The minimum Gasteiger partial charge on any atom is -0.486 e. The lowest BCUT2D eigenvalue weighted by molar-refractivity contribution is -0.143. The van der Waals surface area contributed by atoms with Crippen LogP contribution >= 0.6 is 11.3 Å². The Bertz CT molecular complexity index is 1750. The quantitative estimate of drug-likeness (QED) is 0.335. The van der Waals surface area contributed by atoms with Crippen molar-refractivity contribution in [1.29, 1.82) is 0 Å². The summed E-state index contributed by atoms with van der Waals surface area (Å²) in [5, 5.41) is 0. The Kier molecular flexibility index (Phi) is 7.35. The van der Waals surface area contributed by atoms with Crippen LogP contribution in [0.2, 0.25) is 0 Å². The lowest BCUT2D eigenvalue weighted by atomic mass is 10.2. The van der Waals surface area contributed by atoms with Gasteiger partial charge in [0.15, 0.2) is 16.3 Å². The van der Waals surface area contributed by atoms with Crippen LogP contribution in [0, 0.1) is 5.82 Å². The highest BCUT2D eigenvalue weighted by molar-refractivity contribution is 7.92. The van der Waals surface area contributed by atoms with Gasteiger partial charge >= 0.3 is 5.97 Å². The molecule has 2 heterocycles. The van der Waals surface area contributed by atoms with Gasteiger partial charge in [0.05, 0.1) is 21.7 Å². The number of rotatable bonds is 7. The molecule has 0 spiro atoms. The van der Waals surface area contributed by atoms with Crippen molar-refractivity contribution < 1.29 is 36.6 Å². The number of fused-ring (bicyclic) bond motifs is 2. The topological polar surface area (TPSA) is 125 Å². The Hall–Kier alpha value is -4.23. The van der Waals surface area contributed by atoms with E-state index in [1.807, 2.05) is 0 Å². The van der Waals surface area contributed by atoms with Crippen LogP contribution in [-0.4, -0.2) is 44.7 Å². The molecule has 202 valence electrons. The predicted octanol–water partition coefficient (Wildman–Crippen LogP) is 3.72. The summed E-state index contributed by atoms with van der Waals surface area (Å²) in [5.74, 6) is -0.650. The second-order valence-corrected chi connectivity index (χ2v) is 11.0. The summed E-state index contributed by atoms with van der Waals surface area (Å²) in [4.78, 5) is 29.9. The number of nitrogens with one attached hydrogen (secondary N) is 1. The summed E-state index contributed by atoms with van der Waals surface area (Å²) < 4.78 is 59.7. The first-order chi connectivity index (χ1) is 18.7. The van der Waals surface area contributed by atoms with Gasteiger partial charge in [-0.05, 0) is 49.4 Å². The molecule has 4 aromatic rings. The number of nitrogens with zero attached hydrogens (tertiary/aromatic N) is 2. The molecule has 1 N–H and O–H groups in total. The van der Waals surface area contributed by atoms with E-state index in [0.717, 1.165) is 29.0 Å². The number of carbonyl (C=O) groups is 2. The SMILES string of the molecule is CCOC(=O)Cn1c(=NC(=O)c2cccc(NS(=O)(=O)c3ccc(F)cc3)c2)sc2cc3c(cc21)OCCO3. The Balaban J connectivity index is 1.50. The van der Waals surface area contributed by atoms with E-state index in [9.17, 15) is 22.4 Å². The highest BCUT2D eigenvalue weighted by Gasteiger charge is 2.19. The Morgan fingerprint density at radius 3 is 2.51 bits per heavy atom. The van der Waals surface area contributed by atoms with E-state index in [0.29, 0.717) is 30.2 Å². The molecule has 0 saturated heterocycles. The number of hydrogen-bond donors (Lipinski definition) is 1. The summed E-state index contributed by atoms with van der Waals surface area (Å²) in [6.07, 6.45) is 0. The second kappa shape index (κ2) is 10.9. The van der Waals surface area contributed by atoms with E-state index in [1.54, 1.807) is 23.6 Å². The summed E-state index contributed by atoms with van der Waals surface area (Å²) in [6.45, 7) is 2.50. The van der Waals surface area contributed by atoms with Crippen molar-refractivity contribution in [2.45, 2.75) is 18.4 Å². The number of thiazole rings is 1. The van der Waals surface area contributed by atoms with Crippen molar-refractivity contribution in [2.24, 2.45) is 4.99 Å². The lowest BCUT2D eigenvalue weighted by Gasteiger charge is -2.18. The Labute approximate surface area is 226 Å². The molecular formula is C26H22FN3O7S2. The number of hydrogen-bond acceptors (Lipinski definition) is 8. The normalized spacial score (nSPS) is 13.3. The monoisotopic (exact) mass is 571 g/mol. The maximum absolute atomic E-state index is 13.2. The van der Waals surface area contributed by atoms with Crippen molar-refractivity contribution >= 4 is 49.1 Å². The Morgan fingerprint density at radius 2 is 1.79 bits per heavy atom. The molecular weight excluding hydrogens is 549 g/mol. The number of esters is 1. The van der Waals surface area contributed by atoms with Gasteiger partial charge in [-0.3, -0.25) is 14.3 Å². The summed E-state index contributed by atoms with van der Waals surface area (Å²) in [6, 6.07) is 13.7. The minimum atomic E-state index is -4.02. The third kappa shape index (κ3) is 5.78. The van der Waals surface area contributed by atoms with E-state index >= 15 is 0 Å². The van der Waals surface area contributed by atoms with Crippen molar-refractivity contribution in [3.8, 4) is 11.5 Å². The molecule has 0 saturated carbocycles. The third-order valence-corrected chi connectivity index (χ3v) is 8.06. The van der Waals surface area contributed by atoms with Gasteiger partial charge in [0.2, 0.25) is 0 Å². The fraction of sp³-hybridized carbons (Fsp3) is 0.192. The van der Waals surface area contributed by atoms with Crippen LogP contribution in [-0.2, 0) is 26.1 Å². The number of ether oxygens (including phenoxy) is 3. The molecule has 3 aromatic carbocycles. The summed E-state index contributed by atoms with van der Waals surface area (Å²) >= 11 is 1.18. The zero-order valence-electron chi connectivity index (χ0n) is 20.5. The van der Waals surface area contributed by atoms with Crippen molar-refractivity contribution in [1.82, 2.24) is 4.57 Å². The molecule has 39 heavy (non-hydrogen) atoms. The van der Waals surface area contributed by atoms with Gasteiger partial charge in [-0.1, -0.05) is 17.4 Å². The van der Waals surface area contributed by atoms with Crippen molar-refractivity contribution in [2.75, 3.05) is 24.5 Å². The first-order valence-corrected chi connectivity index (χ1v) is 14.1. The fourth-order valence-corrected chi connectivity index (χ4v) is 5.96. The average Bonchev–Trinajstić information content (AvgIpc) is 3.22. The molecule has 0 aliphatic carbocycles. The van der Waals surface area contributed by atoms with E-state index < -0.39 is 27.7 Å². The van der Waals surface area contributed by atoms with Gasteiger partial charge in [0, 0.05) is 23.4 Å². The van der Waals surface area contributed by atoms with E-state index in [4.69, 9.17) is 14.2 Å². The molecule has 1 aliphatic rings. The molecule has 1 aromatic heterocycles. The second-order valence-electron chi connectivity index (χ2n) is 8.30. The highest BCUT2D eigenvalue weighted by atomic mass is 32.2. The summed E-state index contributed by atoms with van der Waals surface area (Å²) in [5.41, 5.74) is 0.850. The molecule has 0 bridgehead atoms. The molecule has 0 unspecified atom stereocenters. The maximum atomic E-state index is 13.2. The zero-order valence-corrected chi connectivity index (χ0v) is 22.2. The summed E-state index contributed by atoms with van der Waals surface area (Å²) in [7, 11) is -4.02. The number of carbonyl (C=O) groups excluding carboxylic acids is 2. The Morgan fingerprint density at radius 1 is 1.08 bits per heavy atom. The molecule has 0 radical (unpaired) electrons. The van der Waals surface area contributed by atoms with Crippen LogP contribution in [0.25, 0.3) is 10.2 Å². The number of sulfonamides is 1. The molecule has 1 amide bonds. The smallest absolute Gasteiger partial charge is 0.326 e. The number of anilines is 1. The van der Waals surface area contributed by atoms with Crippen molar-refractivity contribution in [3.05, 3.63) is 76.8 Å². The maximum Gasteiger partial charge on any atom is 0.326 e. The largest absolute Gasteiger partial charge is 0.486 e. The van der Waals surface area contributed by atoms with Crippen LogP contribution in [0.3, 0.4) is 0 Å². The lowest BCUT2D eigenvalue weighted by Crippen LogP contribution is -2.23. The van der Waals surface area contributed by atoms with Crippen LogP contribution in [0.4, 0.5) is 10.1 Å². The van der Waals surface area contributed by atoms with E-state index in [1.165, 1.54) is 35.6 Å². The molecule has 10 nitrogen and oxygen atoms in total. The van der Waals surface area contributed by atoms with Crippen LogP contribution in [0.15, 0.2) is 70.6 Å². The number of benzene rings is 3. The number of amides is 1. The minimum absolute atomic E-state index is 0.111. The average molecular weight is 572 g/mol. The van der Waals surface area contributed by atoms with Crippen LogP contribution in [0.1, 0.15) is 17.3 Å².